The lowest BCUT2D eigenvalue weighted by atomic mass is 10.4. The van der Waals surface area contributed by atoms with Crippen LogP contribution < -0.4 is 5.32 Å². The summed E-state index contributed by atoms with van der Waals surface area (Å²) in [5.41, 5.74) is 0. The van der Waals surface area contributed by atoms with Gasteiger partial charge in [-0.05, 0) is 47.6 Å². The highest BCUT2D eigenvalue weighted by Gasteiger charge is 2.05. The number of nitrogens with one attached hydrogen (secondary N) is 1. The maximum atomic E-state index is 5.80. The van der Waals surface area contributed by atoms with E-state index in [4.69, 9.17) is 11.6 Å². The molecule has 0 aliphatic rings. The Morgan fingerprint density at radius 3 is 2.53 bits per heavy atom. The number of aromatic nitrogens is 3. The number of hydrogen-bond acceptors (Lipinski definition) is 5. The molecular weight excluding hydrogens is 324 g/mol. The average molecular weight is 332 g/mol. The van der Waals surface area contributed by atoms with E-state index in [1.54, 1.807) is 7.05 Å². The Labute approximate surface area is 116 Å². The minimum absolute atomic E-state index is 0.184. The third-order valence-corrected chi connectivity index (χ3v) is 3.40. The highest BCUT2D eigenvalue weighted by molar-refractivity contribution is 9.10. The number of anilines is 1. The van der Waals surface area contributed by atoms with Gasteiger partial charge in [-0.1, -0.05) is 15.9 Å². The molecule has 0 aliphatic carbocycles. The third kappa shape index (κ3) is 3.55. The number of hydrogen-bond donors (Lipinski definition) is 1. The minimum Gasteiger partial charge on any atom is -0.357 e. The molecule has 17 heavy (non-hydrogen) atoms. The lowest BCUT2D eigenvalue weighted by Gasteiger charge is -2.03. The molecule has 1 aromatic carbocycles. The second-order valence-corrected chi connectivity index (χ2v) is 5.31. The van der Waals surface area contributed by atoms with Gasteiger partial charge in [-0.3, -0.25) is 0 Å². The van der Waals surface area contributed by atoms with E-state index in [0.29, 0.717) is 11.1 Å². The van der Waals surface area contributed by atoms with Crippen LogP contribution in [0.3, 0.4) is 0 Å². The summed E-state index contributed by atoms with van der Waals surface area (Å²) in [7, 11) is 1.74. The van der Waals surface area contributed by atoms with Crippen molar-refractivity contribution in [2.24, 2.45) is 0 Å². The van der Waals surface area contributed by atoms with Crippen molar-refractivity contribution in [3.05, 3.63) is 34.0 Å². The van der Waals surface area contributed by atoms with Gasteiger partial charge in [0.05, 0.1) is 0 Å². The summed E-state index contributed by atoms with van der Waals surface area (Å²) in [5.74, 6) is 0.463. The van der Waals surface area contributed by atoms with Crippen LogP contribution in [-0.4, -0.2) is 22.0 Å². The van der Waals surface area contributed by atoms with Gasteiger partial charge in [0, 0.05) is 16.4 Å². The van der Waals surface area contributed by atoms with Gasteiger partial charge in [0.2, 0.25) is 11.2 Å². The van der Waals surface area contributed by atoms with Gasteiger partial charge in [-0.15, -0.1) is 0 Å². The average Bonchev–Trinajstić information content (AvgIpc) is 2.31. The molecule has 0 radical (unpaired) electrons. The van der Waals surface area contributed by atoms with Crippen molar-refractivity contribution in [3.8, 4) is 0 Å². The van der Waals surface area contributed by atoms with E-state index in [-0.39, 0.29) is 5.28 Å². The zero-order valence-corrected chi connectivity index (χ0v) is 12.0. The fourth-order valence-corrected chi connectivity index (χ4v) is 2.32. The predicted octanol–water partition coefficient (Wildman–Crippen LogP) is 3.48. The Morgan fingerprint density at radius 2 is 1.88 bits per heavy atom. The first-order valence-electron chi connectivity index (χ1n) is 4.70. The van der Waals surface area contributed by atoms with Gasteiger partial charge >= 0.3 is 0 Å². The van der Waals surface area contributed by atoms with Crippen molar-refractivity contribution in [1.82, 2.24) is 15.0 Å². The molecule has 1 N–H and O–H groups in total. The molecular formula is C10H8BrClN4S. The van der Waals surface area contributed by atoms with Crippen LogP contribution in [0.1, 0.15) is 0 Å². The first-order valence-corrected chi connectivity index (χ1v) is 6.69. The topological polar surface area (TPSA) is 50.7 Å². The summed E-state index contributed by atoms with van der Waals surface area (Å²) in [4.78, 5) is 13.2. The molecule has 0 aliphatic heterocycles. The summed E-state index contributed by atoms with van der Waals surface area (Å²) >= 11 is 10.6. The standard InChI is InChI=1S/C10H8BrClN4S/c1-13-9-14-8(12)15-10(16-9)17-7-4-2-6(11)3-5-7/h2-5H,1H3,(H,13,14,15,16). The summed E-state index contributed by atoms with van der Waals surface area (Å²) in [6, 6.07) is 7.88. The molecule has 88 valence electrons. The molecule has 0 atom stereocenters. The Morgan fingerprint density at radius 1 is 1.18 bits per heavy atom. The maximum absolute atomic E-state index is 5.80. The van der Waals surface area contributed by atoms with Crippen LogP contribution in [0.25, 0.3) is 0 Å². The van der Waals surface area contributed by atoms with Crippen LogP contribution in [0.15, 0.2) is 38.8 Å². The number of nitrogens with zero attached hydrogens (tertiary/aromatic N) is 3. The predicted molar refractivity (Wildman–Crippen MR) is 72.6 cm³/mol. The molecule has 0 bridgehead atoms. The van der Waals surface area contributed by atoms with Crippen molar-refractivity contribution in [2.75, 3.05) is 12.4 Å². The Kier molecular flexibility index (Phi) is 4.20. The van der Waals surface area contributed by atoms with Crippen molar-refractivity contribution in [2.45, 2.75) is 10.1 Å². The molecule has 0 unspecified atom stereocenters. The molecule has 4 nitrogen and oxygen atoms in total. The molecule has 0 fully saturated rings. The van der Waals surface area contributed by atoms with Gasteiger partial charge in [0.15, 0.2) is 5.16 Å². The van der Waals surface area contributed by atoms with Crippen LogP contribution >= 0.6 is 39.3 Å². The second kappa shape index (κ2) is 5.66. The van der Waals surface area contributed by atoms with E-state index in [1.165, 1.54) is 11.8 Å². The van der Waals surface area contributed by atoms with Crippen molar-refractivity contribution < 1.29 is 0 Å². The Hall–Kier alpha value is -0.850. The first-order chi connectivity index (χ1) is 8.17. The van der Waals surface area contributed by atoms with Crippen LogP contribution in [0, 0.1) is 0 Å². The van der Waals surface area contributed by atoms with E-state index < -0.39 is 0 Å². The van der Waals surface area contributed by atoms with Gasteiger partial charge < -0.3 is 5.32 Å². The first kappa shape index (κ1) is 12.6. The van der Waals surface area contributed by atoms with Crippen molar-refractivity contribution in [1.29, 1.82) is 0 Å². The molecule has 1 aromatic heterocycles. The van der Waals surface area contributed by atoms with Crippen LogP contribution in [0.2, 0.25) is 5.28 Å². The minimum atomic E-state index is 0.184. The molecule has 2 aromatic rings. The van der Waals surface area contributed by atoms with Crippen LogP contribution in [-0.2, 0) is 0 Å². The molecule has 1 heterocycles. The second-order valence-electron chi connectivity index (χ2n) is 3.02. The van der Waals surface area contributed by atoms with Gasteiger partial charge in [-0.25, -0.2) is 0 Å². The number of rotatable bonds is 3. The summed E-state index contributed by atoms with van der Waals surface area (Å²) < 4.78 is 1.03. The lowest BCUT2D eigenvalue weighted by molar-refractivity contribution is 0.908. The lowest BCUT2D eigenvalue weighted by Crippen LogP contribution is -1.99. The monoisotopic (exact) mass is 330 g/mol. The van der Waals surface area contributed by atoms with E-state index >= 15 is 0 Å². The smallest absolute Gasteiger partial charge is 0.228 e. The summed E-state index contributed by atoms with van der Waals surface area (Å²) in [6.07, 6.45) is 0. The summed E-state index contributed by atoms with van der Waals surface area (Å²) in [5, 5.41) is 3.59. The number of benzene rings is 1. The van der Waals surface area contributed by atoms with E-state index in [2.05, 4.69) is 36.2 Å². The van der Waals surface area contributed by atoms with Crippen molar-refractivity contribution >= 4 is 45.2 Å². The van der Waals surface area contributed by atoms with E-state index in [1.807, 2.05) is 24.3 Å². The van der Waals surface area contributed by atoms with Crippen LogP contribution in [0.4, 0.5) is 5.95 Å². The Balaban J connectivity index is 2.23. The normalized spacial score (nSPS) is 10.3. The number of halogens is 2. The highest BCUT2D eigenvalue weighted by atomic mass is 79.9. The molecule has 2 rings (SSSR count). The zero-order chi connectivity index (χ0) is 12.3. The zero-order valence-electron chi connectivity index (χ0n) is 8.82. The van der Waals surface area contributed by atoms with E-state index in [0.717, 1.165) is 9.37 Å². The quantitative estimate of drug-likeness (QED) is 0.933. The fraction of sp³-hybridized carbons (Fsp3) is 0.100. The molecule has 0 amide bonds. The molecule has 0 saturated carbocycles. The molecule has 7 heteroatoms. The Bertz CT molecular complexity index is 520. The fourth-order valence-electron chi connectivity index (χ4n) is 1.10. The largest absolute Gasteiger partial charge is 0.357 e. The van der Waals surface area contributed by atoms with Gasteiger partial charge in [0.1, 0.15) is 0 Å². The highest BCUT2D eigenvalue weighted by Crippen LogP contribution is 2.26. The van der Waals surface area contributed by atoms with Crippen LogP contribution in [0.5, 0.6) is 0 Å². The summed E-state index contributed by atoms with van der Waals surface area (Å²) in [6.45, 7) is 0. The SMILES string of the molecule is CNc1nc(Cl)nc(Sc2ccc(Br)cc2)n1. The van der Waals surface area contributed by atoms with Gasteiger partial charge in [0.25, 0.3) is 0 Å². The molecule has 0 spiro atoms. The molecule has 0 saturated heterocycles. The third-order valence-electron chi connectivity index (χ3n) is 1.83. The van der Waals surface area contributed by atoms with E-state index in [9.17, 15) is 0 Å². The van der Waals surface area contributed by atoms with Crippen molar-refractivity contribution in [3.63, 3.8) is 0 Å². The van der Waals surface area contributed by atoms with Gasteiger partial charge in [-0.2, -0.15) is 15.0 Å². The maximum Gasteiger partial charge on any atom is 0.228 e.